The first kappa shape index (κ1) is 18.3. The number of rotatable bonds is 2. The second kappa shape index (κ2) is 7.02. The van der Waals surface area contributed by atoms with Crippen molar-refractivity contribution in [1.29, 1.82) is 0 Å². The van der Waals surface area contributed by atoms with Crippen LogP contribution in [0.15, 0.2) is 60.0 Å². The fourth-order valence-corrected chi connectivity index (χ4v) is 4.34. The first-order chi connectivity index (χ1) is 15.2. The predicted molar refractivity (Wildman–Crippen MR) is 114 cm³/mol. The highest BCUT2D eigenvalue weighted by Gasteiger charge is 2.33. The highest BCUT2D eigenvalue weighted by molar-refractivity contribution is 6.06. The molecule has 0 unspecified atom stereocenters. The van der Waals surface area contributed by atoms with E-state index in [0.29, 0.717) is 24.8 Å². The molecule has 1 amide bonds. The summed E-state index contributed by atoms with van der Waals surface area (Å²) in [5.74, 6) is 0.326. The lowest BCUT2D eigenvalue weighted by atomic mass is 9.90. The van der Waals surface area contributed by atoms with Crippen LogP contribution < -0.4 is 5.53 Å². The summed E-state index contributed by atoms with van der Waals surface area (Å²) in [4.78, 5) is 23.5. The van der Waals surface area contributed by atoms with Crippen molar-refractivity contribution in [2.24, 2.45) is 4.99 Å². The molecule has 1 fully saturated rings. The molecular formula is C23H21FN6O. The van der Waals surface area contributed by atoms with Gasteiger partial charge in [-0.05, 0) is 37.0 Å². The van der Waals surface area contributed by atoms with Crippen molar-refractivity contribution >= 4 is 17.4 Å². The number of halogens is 1. The molecule has 1 aromatic carbocycles. The lowest BCUT2D eigenvalue weighted by Gasteiger charge is -2.32. The van der Waals surface area contributed by atoms with E-state index in [0.717, 1.165) is 28.1 Å². The molecule has 0 spiro atoms. The van der Waals surface area contributed by atoms with Gasteiger partial charge in [0.15, 0.2) is 0 Å². The van der Waals surface area contributed by atoms with Crippen LogP contribution in [0.5, 0.6) is 0 Å². The SMILES string of the molecule is O=C1CN=C(N2C=CN(C3CC3)N2)C=C2c3cccc(-c4ccc(F)cn4)c3CCN12. The zero-order valence-corrected chi connectivity index (χ0v) is 16.8. The number of hydrogen-bond donors (Lipinski definition) is 1. The van der Waals surface area contributed by atoms with Crippen molar-refractivity contribution in [3.8, 4) is 11.3 Å². The largest absolute Gasteiger partial charge is 0.310 e. The van der Waals surface area contributed by atoms with Crippen molar-refractivity contribution in [2.75, 3.05) is 13.1 Å². The Morgan fingerprint density at radius 2 is 1.97 bits per heavy atom. The fourth-order valence-electron chi connectivity index (χ4n) is 4.34. The highest BCUT2D eigenvalue weighted by atomic mass is 19.1. The predicted octanol–water partition coefficient (Wildman–Crippen LogP) is 2.70. The van der Waals surface area contributed by atoms with E-state index in [1.54, 1.807) is 6.07 Å². The number of aromatic nitrogens is 1. The number of aliphatic imine (C=N–C) groups is 1. The molecule has 1 N–H and O–H groups in total. The summed E-state index contributed by atoms with van der Waals surface area (Å²) >= 11 is 0. The molecule has 7 nitrogen and oxygen atoms in total. The summed E-state index contributed by atoms with van der Waals surface area (Å²) in [6, 6.07) is 9.63. The van der Waals surface area contributed by atoms with Crippen LogP contribution >= 0.6 is 0 Å². The van der Waals surface area contributed by atoms with Crippen molar-refractivity contribution in [2.45, 2.75) is 25.3 Å². The number of carbonyl (C=O) groups excluding carboxylic acids is 1. The Labute approximate surface area is 179 Å². The molecule has 0 atom stereocenters. The minimum Gasteiger partial charge on any atom is -0.310 e. The van der Waals surface area contributed by atoms with E-state index in [4.69, 9.17) is 0 Å². The van der Waals surface area contributed by atoms with Gasteiger partial charge in [-0.1, -0.05) is 18.2 Å². The Morgan fingerprint density at radius 1 is 1.10 bits per heavy atom. The molecule has 1 aliphatic carbocycles. The summed E-state index contributed by atoms with van der Waals surface area (Å²) in [6.45, 7) is 0.690. The number of hydrazine groups is 2. The van der Waals surface area contributed by atoms with E-state index in [9.17, 15) is 9.18 Å². The van der Waals surface area contributed by atoms with Crippen LogP contribution in [0.4, 0.5) is 4.39 Å². The Balaban J connectivity index is 1.40. The molecule has 0 radical (unpaired) electrons. The van der Waals surface area contributed by atoms with Gasteiger partial charge >= 0.3 is 0 Å². The topological polar surface area (TPSA) is 64.1 Å². The summed E-state index contributed by atoms with van der Waals surface area (Å²) in [5.41, 5.74) is 7.96. The van der Waals surface area contributed by atoms with Gasteiger partial charge in [-0.15, -0.1) is 5.53 Å². The number of benzene rings is 1. The molecule has 8 heteroatoms. The fraction of sp³-hybridized carbons (Fsp3) is 0.261. The van der Waals surface area contributed by atoms with E-state index in [1.807, 2.05) is 46.6 Å². The van der Waals surface area contributed by atoms with E-state index in [-0.39, 0.29) is 18.3 Å². The number of pyridine rings is 1. The third-order valence-electron chi connectivity index (χ3n) is 6.06. The normalized spacial score (nSPS) is 20.3. The maximum atomic E-state index is 13.4. The first-order valence-electron chi connectivity index (χ1n) is 10.5. The number of nitrogens with one attached hydrogen (secondary N) is 1. The molecule has 4 heterocycles. The van der Waals surface area contributed by atoms with E-state index in [1.165, 1.54) is 25.1 Å². The van der Waals surface area contributed by atoms with Crippen molar-refractivity contribution in [3.63, 3.8) is 0 Å². The quantitative estimate of drug-likeness (QED) is 0.816. The molecule has 156 valence electrons. The number of amidine groups is 1. The van der Waals surface area contributed by atoms with Gasteiger partial charge in [0.25, 0.3) is 0 Å². The Kier molecular flexibility index (Phi) is 4.14. The van der Waals surface area contributed by atoms with Crippen molar-refractivity contribution < 1.29 is 9.18 Å². The van der Waals surface area contributed by atoms with Crippen LogP contribution in [0.2, 0.25) is 0 Å². The minimum atomic E-state index is -0.357. The molecular weight excluding hydrogens is 395 g/mol. The number of carbonyl (C=O) groups is 1. The smallest absolute Gasteiger partial charge is 0.248 e. The van der Waals surface area contributed by atoms with E-state index >= 15 is 0 Å². The number of fused-ring (bicyclic) bond motifs is 3. The minimum absolute atomic E-state index is 0.0144. The molecule has 2 aromatic rings. The van der Waals surface area contributed by atoms with Gasteiger partial charge in [-0.3, -0.25) is 19.8 Å². The maximum Gasteiger partial charge on any atom is 0.248 e. The number of hydrogen-bond acceptors (Lipinski definition) is 6. The third kappa shape index (κ3) is 3.19. The van der Waals surface area contributed by atoms with E-state index in [2.05, 4.69) is 20.5 Å². The zero-order valence-electron chi connectivity index (χ0n) is 16.8. The summed E-state index contributed by atoms with van der Waals surface area (Å²) in [6.07, 6.45) is 10.2. The molecule has 0 saturated heterocycles. The average molecular weight is 416 g/mol. The maximum absolute atomic E-state index is 13.4. The summed E-state index contributed by atoms with van der Waals surface area (Å²) < 4.78 is 13.4. The lowest BCUT2D eigenvalue weighted by Crippen LogP contribution is -2.43. The zero-order chi connectivity index (χ0) is 20.9. The van der Waals surface area contributed by atoms with Crippen molar-refractivity contribution in [1.82, 2.24) is 25.4 Å². The Bertz CT molecular complexity index is 1150. The second-order valence-electron chi connectivity index (χ2n) is 8.10. The van der Waals surface area contributed by atoms with Gasteiger partial charge < -0.3 is 4.90 Å². The Hall–Kier alpha value is -3.52. The standard InChI is InChI=1S/C23H21FN6O/c24-15-4-7-20(25-13-15)18-2-1-3-19-17(18)8-9-28-21(19)12-22(26-14-23(28)31)30-11-10-29(27-30)16-5-6-16/h1-4,7,10-13,16,27H,5-6,8-9,14H2. The highest BCUT2D eigenvalue weighted by Crippen LogP contribution is 2.36. The van der Waals surface area contributed by atoms with Gasteiger partial charge in [0.05, 0.1) is 17.6 Å². The van der Waals surface area contributed by atoms with Gasteiger partial charge in [0.2, 0.25) is 5.91 Å². The van der Waals surface area contributed by atoms with Crippen LogP contribution in [0.1, 0.15) is 24.0 Å². The van der Waals surface area contributed by atoms with E-state index < -0.39 is 0 Å². The molecule has 6 rings (SSSR count). The van der Waals surface area contributed by atoms with Crippen LogP contribution in [0, 0.1) is 5.82 Å². The molecule has 1 aromatic heterocycles. The van der Waals surface area contributed by atoms with Gasteiger partial charge in [-0.25, -0.2) is 9.40 Å². The van der Waals surface area contributed by atoms with Crippen LogP contribution in [0.25, 0.3) is 17.0 Å². The number of amides is 1. The van der Waals surface area contributed by atoms with Gasteiger partial charge in [0, 0.05) is 42.2 Å². The summed E-state index contributed by atoms with van der Waals surface area (Å²) in [5, 5.41) is 3.94. The molecule has 31 heavy (non-hydrogen) atoms. The monoisotopic (exact) mass is 416 g/mol. The molecule has 1 saturated carbocycles. The number of nitrogens with zero attached hydrogens (tertiary/aromatic N) is 5. The van der Waals surface area contributed by atoms with Crippen LogP contribution in [0.3, 0.4) is 0 Å². The Morgan fingerprint density at radius 3 is 2.77 bits per heavy atom. The molecule has 0 bridgehead atoms. The molecule has 3 aliphatic heterocycles. The van der Waals surface area contributed by atoms with Gasteiger partial charge in [0.1, 0.15) is 18.2 Å². The lowest BCUT2D eigenvalue weighted by molar-refractivity contribution is -0.126. The second-order valence-corrected chi connectivity index (χ2v) is 8.10. The third-order valence-corrected chi connectivity index (χ3v) is 6.06. The average Bonchev–Trinajstić information content (AvgIpc) is 3.56. The summed E-state index contributed by atoms with van der Waals surface area (Å²) in [7, 11) is 0. The van der Waals surface area contributed by atoms with Crippen LogP contribution in [-0.4, -0.2) is 50.8 Å². The van der Waals surface area contributed by atoms with Crippen molar-refractivity contribution in [3.05, 3.63) is 71.9 Å². The molecule has 4 aliphatic rings. The first-order valence-corrected chi connectivity index (χ1v) is 10.5. The van der Waals surface area contributed by atoms with Crippen LogP contribution in [-0.2, 0) is 11.2 Å². The van der Waals surface area contributed by atoms with Gasteiger partial charge in [-0.2, -0.15) is 0 Å².